The molecule has 0 spiro atoms. The van der Waals surface area contributed by atoms with Crippen LogP contribution in [-0.2, 0) is 0 Å². The maximum absolute atomic E-state index is 12.3. The summed E-state index contributed by atoms with van der Waals surface area (Å²) in [5.74, 6) is 5.73. The number of hydrogen-bond donors (Lipinski definition) is 2. The van der Waals surface area contributed by atoms with Gasteiger partial charge < -0.3 is 11.1 Å². The second-order valence-electron chi connectivity index (χ2n) is 4.99. The first-order valence-corrected chi connectivity index (χ1v) is 6.84. The Morgan fingerprint density at radius 1 is 1.32 bits per heavy atom. The van der Waals surface area contributed by atoms with Crippen molar-refractivity contribution in [2.75, 3.05) is 5.73 Å². The molecule has 0 atom stereocenters. The molecule has 0 heterocycles. The van der Waals surface area contributed by atoms with E-state index in [1.165, 1.54) is 19.3 Å². The van der Waals surface area contributed by atoms with Crippen molar-refractivity contribution in [3.63, 3.8) is 0 Å². The van der Waals surface area contributed by atoms with Gasteiger partial charge in [-0.3, -0.25) is 4.79 Å². The minimum absolute atomic E-state index is 0.0584. The average Bonchev–Trinajstić information content (AvgIpc) is 2.42. The molecule has 0 bridgehead atoms. The van der Waals surface area contributed by atoms with Gasteiger partial charge in [-0.25, -0.2) is 0 Å². The number of nitrogens with one attached hydrogen (secondary N) is 1. The van der Waals surface area contributed by atoms with Crippen molar-refractivity contribution >= 4 is 11.6 Å². The highest BCUT2D eigenvalue weighted by atomic mass is 16.1. The van der Waals surface area contributed by atoms with Gasteiger partial charge in [0.25, 0.3) is 5.91 Å². The van der Waals surface area contributed by atoms with Gasteiger partial charge in [0.2, 0.25) is 0 Å². The topological polar surface area (TPSA) is 55.1 Å². The number of carbonyl (C=O) groups excluding carboxylic acids is 1. The van der Waals surface area contributed by atoms with Crippen molar-refractivity contribution < 1.29 is 4.79 Å². The Hall–Kier alpha value is -1.95. The van der Waals surface area contributed by atoms with Gasteiger partial charge in [-0.2, -0.15) is 0 Å². The molecule has 1 aromatic rings. The fraction of sp³-hybridized carbons (Fsp3) is 0.438. The Labute approximate surface area is 114 Å². The summed E-state index contributed by atoms with van der Waals surface area (Å²) in [6.45, 7) is 1.76. The van der Waals surface area contributed by atoms with Gasteiger partial charge in [-0.05, 0) is 38.0 Å². The summed E-state index contributed by atoms with van der Waals surface area (Å²) < 4.78 is 0. The Morgan fingerprint density at radius 3 is 2.74 bits per heavy atom. The number of amides is 1. The fourth-order valence-corrected chi connectivity index (χ4v) is 2.50. The van der Waals surface area contributed by atoms with Crippen LogP contribution < -0.4 is 11.1 Å². The maximum atomic E-state index is 12.3. The zero-order chi connectivity index (χ0) is 13.7. The highest BCUT2D eigenvalue weighted by Gasteiger charge is 2.18. The molecule has 1 aliphatic carbocycles. The molecule has 3 heteroatoms. The number of rotatable bonds is 2. The number of nitrogens with two attached hydrogens (primary N) is 1. The Balaban J connectivity index is 2.16. The summed E-state index contributed by atoms with van der Waals surface area (Å²) >= 11 is 0. The van der Waals surface area contributed by atoms with E-state index in [9.17, 15) is 4.79 Å². The molecule has 3 N–H and O–H groups in total. The van der Waals surface area contributed by atoms with Crippen molar-refractivity contribution in [1.82, 2.24) is 5.32 Å². The Kier molecular flexibility index (Phi) is 4.46. The van der Waals surface area contributed by atoms with Crippen LogP contribution in [0.4, 0.5) is 5.69 Å². The minimum Gasteiger partial charge on any atom is -0.399 e. The van der Waals surface area contributed by atoms with Crippen LogP contribution >= 0.6 is 0 Å². The van der Waals surface area contributed by atoms with Crippen LogP contribution in [0.3, 0.4) is 0 Å². The smallest absolute Gasteiger partial charge is 0.252 e. The molecule has 1 fully saturated rings. The molecule has 0 saturated heterocycles. The van der Waals surface area contributed by atoms with E-state index in [-0.39, 0.29) is 5.91 Å². The van der Waals surface area contributed by atoms with E-state index in [1.54, 1.807) is 19.1 Å². The molecule has 100 valence electrons. The molecule has 1 saturated carbocycles. The van der Waals surface area contributed by atoms with Crippen molar-refractivity contribution in [2.45, 2.75) is 45.1 Å². The largest absolute Gasteiger partial charge is 0.399 e. The second kappa shape index (κ2) is 6.29. The Bertz CT molecular complexity index is 519. The van der Waals surface area contributed by atoms with Gasteiger partial charge in [0.1, 0.15) is 0 Å². The predicted molar refractivity (Wildman–Crippen MR) is 77.7 cm³/mol. The van der Waals surface area contributed by atoms with E-state index in [4.69, 9.17) is 5.73 Å². The lowest BCUT2D eigenvalue weighted by molar-refractivity contribution is 0.0927. The quantitative estimate of drug-likeness (QED) is 0.631. The van der Waals surface area contributed by atoms with E-state index in [0.29, 0.717) is 17.3 Å². The summed E-state index contributed by atoms with van der Waals surface area (Å²) in [5, 5.41) is 3.10. The number of hydrogen-bond acceptors (Lipinski definition) is 2. The molecule has 19 heavy (non-hydrogen) atoms. The Morgan fingerprint density at radius 2 is 2.05 bits per heavy atom. The molecule has 1 aromatic carbocycles. The van der Waals surface area contributed by atoms with Crippen molar-refractivity contribution in [3.05, 3.63) is 29.3 Å². The van der Waals surface area contributed by atoms with Gasteiger partial charge in [-0.15, -0.1) is 5.92 Å². The van der Waals surface area contributed by atoms with Crippen molar-refractivity contribution in [1.29, 1.82) is 0 Å². The van der Waals surface area contributed by atoms with Gasteiger partial charge in [0, 0.05) is 17.3 Å². The van der Waals surface area contributed by atoms with E-state index in [2.05, 4.69) is 17.2 Å². The van der Waals surface area contributed by atoms with Gasteiger partial charge in [-0.1, -0.05) is 25.2 Å². The molecule has 0 unspecified atom stereocenters. The first-order valence-electron chi connectivity index (χ1n) is 6.84. The van der Waals surface area contributed by atoms with Crippen LogP contribution in [0.15, 0.2) is 18.2 Å². The summed E-state index contributed by atoms with van der Waals surface area (Å²) in [6, 6.07) is 5.58. The lowest BCUT2D eigenvalue weighted by atomic mass is 9.95. The lowest BCUT2D eigenvalue weighted by Crippen LogP contribution is -2.36. The third kappa shape index (κ3) is 3.51. The molecular weight excluding hydrogens is 236 g/mol. The number of benzene rings is 1. The highest BCUT2D eigenvalue weighted by Crippen LogP contribution is 2.19. The zero-order valence-electron chi connectivity index (χ0n) is 11.3. The van der Waals surface area contributed by atoms with Crippen LogP contribution in [-0.4, -0.2) is 11.9 Å². The van der Waals surface area contributed by atoms with Crippen LogP contribution in [0.2, 0.25) is 0 Å². The normalized spacial score (nSPS) is 15.4. The summed E-state index contributed by atoms with van der Waals surface area (Å²) in [4.78, 5) is 12.3. The predicted octanol–water partition coefficient (Wildman–Crippen LogP) is 2.70. The summed E-state index contributed by atoms with van der Waals surface area (Å²) in [7, 11) is 0. The van der Waals surface area contributed by atoms with Crippen LogP contribution in [0.5, 0.6) is 0 Å². The maximum Gasteiger partial charge on any atom is 0.252 e. The monoisotopic (exact) mass is 256 g/mol. The highest BCUT2D eigenvalue weighted by molar-refractivity contribution is 5.97. The third-order valence-corrected chi connectivity index (χ3v) is 3.49. The first-order chi connectivity index (χ1) is 9.20. The lowest BCUT2D eigenvalue weighted by Gasteiger charge is -2.23. The van der Waals surface area contributed by atoms with Crippen LogP contribution in [0.25, 0.3) is 0 Å². The molecular formula is C16H20N2O. The molecule has 0 aromatic heterocycles. The van der Waals surface area contributed by atoms with E-state index < -0.39 is 0 Å². The summed E-state index contributed by atoms with van der Waals surface area (Å²) in [5.41, 5.74) is 7.68. The van der Waals surface area contributed by atoms with Crippen LogP contribution in [0, 0.1) is 11.8 Å². The third-order valence-electron chi connectivity index (χ3n) is 3.49. The minimum atomic E-state index is -0.0584. The number of nitrogen functional groups attached to an aromatic ring is 1. The van der Waals surface area contributed by atoms with Crippen molar-refractivity contribution in [3.8, 4) is 11.8 Å². The van der Waals surface area contributed by atoms with Gasteiger partial charge in [0.15, 0.2) is 0 Å². The SMILES string of the molecule is CC#Cc1ccc(N)cc1C(=O)NC1CCCCC1. The van der Waals surface area contributed by atoms with Crippen molar-refractivity contribution in [2.24, 2.45) is 0 Å². The molecule has 1 amide bonds. The van der Waals surface area contributed by atoms with Crippen LogP contribution in [0.1, 0.15) is 54.9 Å². The molecule has 0 radical (unpaired) electrons. The van der Waals surface area contributed by atoms with Gasteiger partial charge >= 0.3 is 0 Å². The first kappa shape index (κ1) is 13.5. The number of anilines is 1. The zero-order valence-corrected chi connectivity index (χ0v) is 11.3. The fourth-order valence-electron chi connectivity index (χ4n) is 2.50. The molecule has 3 nitrogen and oxygen atoms in total. The van der Waals surface area contributed by atoms with E-state index in [1.807, 2.05) is 6.07 Å². The number of carbonyl (C=O) groups is 1. The standard InChI is InChI=1S/C16H20N2O/c1-2-6-12-9-10-13(17)11-15(12)16(19)18-14-7-4-3-5-8-14/h9-11,14H,3-5,7-8,17H2,1H3,(H,18,19). The van der Waals surface area contributed by atoms with E-state index in [0.717, 1.165) is 18.4 Å². The molecule has 1 aliphatic rings. The summed E-state index contributed by atoms with van der Waals surface area (Å²) in [6.07, 6.45) is 5.82. The van der Waals surface area contributed by atoms with E-state index >= 15 is 0 Å². The molecule has 2 rings (SSSR count). The average molecular weight is 256 g/mol. The van der Waals surface area contributed by atoms with Gasteiger partial charge in [0.05, 0.1) is 5.56 Å². The second-order valence-corrected chi connectivity index (χ2v) is 4.99. The molecule has 0 aliphatic heterocycles.